The van der Waals surface area contributed by atoms with Gasteiger partial charge >= 0.3 is 11.5 Å². The maximum Gasteiger partial charge on any atom is 0.357 e. The third-order valence-electron chi connectivity index (χ3n) is 3.02. The molecule has 110 valence electrons. The molecule has 2 N–H and O–H groups in total. The van der Waals surface area contributed by atoms with Crippen LogP contribution in [0.4, 0.5) is 11.5 Å². The van der Waals surface area contributed by atoms with Crippen molar-refractivity contribution in [2.45, 2.75) is 13.8 Å². The lowest BCUT2D eigenvalue weighted by Gasteiger charge is -2.08. The van der Waals surface area contributed by atoms with E-state index in [9.17, 15) is 10.1 Å². The van der Waals surface area contributed by atoms with Gasteiger partial charge in [-0.05, 0) is 31.5 Å². The summed E-state index contributed by atoms with van der Waals surface area (Å²) in [6.07, 6.45) is 1.64. The van der Waals surface area contributed by atoms with Gasteiger partial charge in [-0.3, -0.25) is 15.4 Å². The molecule has 0 amide bonds. The van der Waals surface area contributed by atoms with E-state index in [-0.39, 0.29) is 5.69 Å². The Labute approximate surface area is 122 Å². The maximum absolute atomic E-state index is 10.9. The third-order valence-corrected chi connectivity index (χ3v) is 3.02. The van der Waals surface area contributed by atoms with E-state index in [1.807, 2.05) is 26.0 Å². The zero-order chi connectivity index (χ0) is 15.2. The predicted octanol–water partition coefficient (Wildman–Crippen LogP) is 2.52. The average Bonchev–Trinajstić information content (AvgIpc) is 2.45. The fourth-order valence-corrected chi connectivity index (χ4v) is 2.02. The topological polar surface area (TPSA) is 78.5 Å². The van der Waals surface area contributed by atoms with Gasteiger partial charge in [0.05, 0.1) is 11.1 Å². The van der Waals surface area contributed by atoms with Crippen LogP contribution in [0, 0.1) is 24.0 Å². The molecule has 6 nitrogen and oxygen atoms in total. The van der Waals surface area contributed by atoms with Gasteiger partial charge in [0.15, 0.2) is 0 Å². The van der Waals surface area contributed by atoms with Crippen molar-refractivity contribution in [2.24, 2.45) is 0 Å². The second-order valence-electron chi connectivity index (χ2n) is 4.73. The molecule has 0 saturated carbocycles. The van der Waals surface area contributed by atoms with Crippen molar-refractivity contribution in [1.82, 2.24) is 0 Å². The highest BCUT2D eigenvalue weighted by Gasteiger charge is 2.18. The lowest BCUT2D eigenvalue weighted by Crippen LogP contribution is -2.19. The summed E-state index contributed by atoms with van der Waals surface area (Å²) in [5.74, 6) is 1.21. The van der Waals surface area contributed by atoms with E-state index in [4.69, 9.17) is 4.74 Å². The molecule has 1 heterocycles. The van der Waals surface area contributed by atoms with Crippen molar-refractivity contribution in [2.75, 3.05) is 18.5 Å². The highest BCUT2D eigenvalue weighted by atomic mass is 16.6. The summed E-state index contributed by atoms with van der Waals surface area (Å²) >= 11 is 0. The molecule has 0 saturated heterocycles. The van der Waals surface area contributed by atoms with Gasteiger partial charge in [-0.1, -0.05) is 17.7 Å². The maximum atomic E-state index is 10.9. The highest BCUT2D eigenvalue weighted by Crippen LogP contribution is 2.19. The van der Waals surface area contributed by atoms with Gasteiger partial charge in [-0.15, -0.1) is 0 Å². The van der Waals surface area contributed by atoms with Crippen LogP contribution in [0.1, 0.15) is 11.1 Å². The minimum absolute atomic E-state index is 0.0176. The molecule has 1 aromatic carbocycles. The number of anilines is 1. The predicted molar refractivity (Wildman–Crippen MR) is 79.6 cm³/mol. The van der Waals surface area contributed by atoms with E-state index in [2.05, 4.69) is 16.4 Å². The number of nitrogens with zero attached hydrogens (tertiary/aromatic N) is 1. The number of benzene rings is 1. The van der Waals surface area contributed by atoms with E-state index in [0.29, 0.717) is 19.0 Å². The fourth-order valence-electron chi connectivity index (χ4n) is 2.02. The zero-order valence-electron chi connectivity index (χ0n) is 12.1. The number of pyridine rings is 1. The molecular weight excluding hydrogens is 270 g/mol. The summed E-state index contributed by atoms with van der Waals surface area (Å²) in [4.78, 5) is 13.3. The number of rotatable bonds is 6. The normalized spacial score (nSPS) is 10.2. The van der Waals surface area contributed by atoms with Crippen LogP contribution in [0.25, 0.3) is 0 Å². The molecule has 2 aromatic rings. The van der Waals surface area contributed by atoms with Gasteiger partial charge in [0, 0.05) is 6.07 Å². The first-order chi connectivity index (χ1) is 10.1. The number of nitro groups is 1. The molecular formula is C15H18N3O3+. The number of aromatic amines is 1. The van der Waals surface area contributed by atoms with Crippen molar-refractivity contribution < 1.29 is 14.6 Å². The molecule has 0 spiro atoms. The number of H-pyrrole nitrogens is 1. The number of hydrogen-bond acceptors (Lipinski definition) is 4. The Bertz CT molecular complexity index is 644. The fraction of sp³-hybridized carbons (Fsp3) is 0.267. The van der Waals surface area contributed by atoms with Crippen molar-refractivity contribution in [3.05, 3.63) is 57.8 Å². The molecule has 0 unspecified atom stereocenters. The average molecular weight is 288 g/mol. The number of aryl methyl sites for hydroxylation is 2. The molecule has 0 aliphatic heterocycles. The Kier molecular flexibility index (Phi) is 4.71. The summed E-state index contributed by atoms with van der Waals surface area (Å²) in [5.41, 5.74) is 2.28. The van der Waals surface area contributed by atoms with Crippen LogP contribution in [0.5, 0.6) is 5.75 Å². The molecule has 0 radical (unpaired) electrons. The Balaban J connectivity index is 1.89. The van der Waals surface area contributed by atoms with E-state index in [0.717, 1.165) is 11.3 Å². The van der Waals surface area contributed by atoms with E-state index < -0.39 is 4.92 Å². The summed E-state index contributed by atoms with van der Waals surface area (Å²) in [7, 11) is 0. The summed E-state index contributed by atoms with van der Waals surface area (Å²) < 4.78 is 5.67. The van der Waals surface area contributed by atoms with Gasteiger partial charge in [-0.2, -0.15) is 0 Å². The Morgan fingerprint density at radius 1 is 1.33 bits per heavy atom. The Morgan fingerprint density at radius 2 is 2.14 bits per heavy atom. The molecule has 0 aliphatic rings. The van der Waals surface area contributed by atoms with E-state index in [1.165, 1.54) is 11.6 Å². The highest BCUT2D eigenvalue weighted by molar-refractivity contribution is 5.50. The van der Waals surface area contributed by atoms with Crippen LogP contribution in [0.3, 0.4) is 0 Å². The monoisotopic (exact) mass is 288 g/mol. The first-order valence-corrected chi connectivity index (χ1v) is 6.67. The number of nitrogens with one attached hydrogen (secondary N) is 2. The van der Waals surface area contributed by atoms with Crippen molar-refractivity contribution >= 4 is 11.5 Å². The van der Waals surface area contributed by atoms with Crippen LogP contribution in [0.15, 0.2) is 36.5 Å². The van der Waals surface area contributed by atoms with Crippen LogP contribution in [-0.4, -0.2) is 18.1 Å². The van der Waals surface area contributed by atoms with Gasteiger partial charge in [0.1, 0.15) is 18.9 Å². The molecule has 0 fully saturated rings. The van der Waals surface area contributed by atoms with Crippen molar-refractivity contribution in [3.8, 4) is 5.75 Å². The van der Waals surface area contributed by atoms with E-state index >= 15 is 0 Å². The van der Waals surface area contributed by atoms with Gasteiger partial charge in [0.25, 0.3) is 0 Å². The van der Waals surface area contributed by atoms with Crippen LogP contribution in [-0.2, 0) is 0 Å². The molecule has 6 heteroatoms. The Morgan fingerprint density at radius 3 is 2.86 bits per heavy atom. The molecule has 0 aliphatic carbocycles. The Hall–Kier alpha value is -2.63. The third kappa shape index (κ3) is 3.92. The quantitative estimate of drug-likeness (QED) is 0.503. The zero-order valence-corrected chi connectivity index (χ0v) is 12.1. The van der Waals surface area contributed by atoms with E-state index in [1.54, 1.807) is 12.3 Å². The van der Waals surface area contributed by atoms with Crippen molar-refractivity contribution in [3.63, 3.8) is 0 Å². The van der Waals surface area contributed by atoms with Crippen molar-refractivity contribution in [1.29, 1.82) is 0 Å². The first kappa shape index (κ1) is 14.8. The molecule has 2 rings (SSSR count). The first-order valence-electron chi connectivity index (χ1n) is 6.67. The summed E-state index contributed by atoms with van der Waals surface area (Å²) in [5, 5.41) is 13.8. The summed E-state index contributed by atoms with van der Waals surface area (Å²) in [6, 6.07) is 9.02. The lowest BCUT2D eigenvalue weighted by atomic mass is 10.1. The number of hydrogen-bond donors (Lipinski definition) is 1. The number of aromatic nitrogens is 1. The smallest absolute Gasteiger partial charge is 0.357 e. The van der Waals surface area contributed by atoms with Crippen LogP contribution < -0.4 is 15.0 Å². The minimum Gasteiger partial charge on any atom is -0.489 e. The molecule has 21 heavy (non-hydrogen) atoms. The standard InChI is InChI=1S/C15H17N3O3/c1-11-5-6-14(12(2)10-11)21-9-8-17-15-13(18(19)20)4-3-7-16-15/h3-7,10H,8-9H2,1-2H3,(H,16,17)/p+1. The number of ether oxygens (including phenoxy) is 1. The van der Waals surface area contributed by atoms with Crippen LogP contribution >= 0.6 is 0 Å². The summed E-state index contributed by atoms with van der Waals surface area (Å²) in [6.45, 7) is 4.91. The second kappa shape index (κ2) is 6.69. The van der Waals surface area contributed by atoms with Gasteiger partial charge in [0.2, 0.25) is 0 Å². The minimum atomic E-state index is -0.427. The SMILES string of the molecule is Cc1ccc(OCCNc2[nH+]cccc2[N+](=O)[O-])c(C)c1. The van der Waals surface area contributed by atoms with Gasteiger partial charge in [-0.25, -0.2) is 4.98 Å². The largest absolute Gasteiger partial charge is 0.489 e. The second-order valence-corrected chi connectivity index (χ2v) is 4.73. The molecule has 0 bridgehead atoms. The van der Waals surface area contributed by atoms with Gasteiger partial charge < -0.3 is 4.74 Å². The molecule has 1 aromatic heterocycles. The van der Waals surface area contributed by atoms with Crippen LogP contribution in [0.2, 0.25) is 0 Å². The lowest BCUT2D eigenvalue weighted by molar-refractivity contribution is -0.409. The molecule has 0 atom stereocenters.